The Hall–Kier alpha value is -3.40. The predicted octanol–water partition coefficient (Wildman–Crippen LogP) is 3.92. The van der Waals surface area contributed by atoms with Crippen molar-refractivity contribution in [2.24, 2.45) is 0 Å². The molecule has 37 heavy (non-hydrogen) atoms. The highest BCUT2D eigenvalue weighted by Crippen LogP contribution is 2.30. The van der Waals surface area contributed by atoms with Crippen LogP contribution < -0.4 is 14.8 Å². The van der Waals surface area contributed by atoms with E-state index >= 15 is 0 Å². The second kappa shape index (κ2) is 12.2. The summed E-state index contributed by atoms with van der Waals surface area (Å²) in [5.41, 5.74) is -0.250. The topological polar surface area (TPSA) is 116 Å². The molecule has 1 aromatic heterocycles. The zero-order valence-corrected chi connectivity index (χ0v) is 21.0. The number of carbonyl (C=O) groups is 2. The van der Waals surface area contributed by atoms with Crippen molar-refractivity contribution in [3.63, 3.8) is 0 Å². The van der Waals surface area contributed by atoms with Crippen molar-refractivity contribution in [1.82, 2.24) is 10.3 Å². The highest BCUT2D eigenvalue weighted by Gasteiger charge is 2.38. The van der Waals surface area contributed by atoms with Gasteiger partial charge in [0.25, 0.3) is 5.91 Å². The lowest BCUT2D eigenvalue weighted by atomic mass is 10.0. The van der Waals surface area contributed by atoms with E-state index in [-0.39, 0.29) is 29.8 Å². The van der Waals surface area contributed by atoms with Gasteiger partial charge in [-0.1, -0.05) is 12.8 Å². The first kappa shape index (κ1) is 26.7. The Bertz CT molecular complexity index is 1070. The van der Waals surface area contributed by atoms with E-state index < -0.39 is 42.0 Å². The molecule has 0 unspecified atom stereocenters. The molecular weight excluding hydrogens is 483 g/mol. The van der Waals surface area contributed by atoms with E-state index in [1.807, 2.05) is 0 Å². The molecule has 0 bridgehead atoms. The van der Waals surface area contributed by atoms with Gasteiger partial charge in [-0.05, 0) is 63.3 Å². The number of cyclic esters (lactones) is 1. The first-order chi connectivity index (χ1) is 17.9. The minimum atomic E-state index is -0.959. The molecule has 1 aliphatic carbocycles. The number of rotatable bonds is 7. The molecule has 1 aliphatic heterocycles. The maximum Gasteiger partial charge on any atom is 0.329 e. The number of aromatic nitrogens is 1. The third-order valence-electron chi connectivity index (χ3n) is 6.78. The van der Waals surface area contributed by atoms with Gasteiger partial charge >= 0.3 is 5.97 Å². The van der Waals surface area contributed by atoms with Gasteiger partial charge in [-0.2, -0.15) is 0 Å². The van der Waals surface area contributed by atoms with Crippen LogP contribution in [0.2, 0.25) is 0 Å². The number of carbonyl (C=O) groups excluding carboxylic acids is 2. The van der Waals surface area contributed by atoms with Crippen molar-refractivity contribution in [3.8, 4) is 17.2 Å². The number of hydrogen-bond acceptors (Lipinski definition) is 8. The summed E-state index contributed by atoms with van der Waals surface area (Å²) in [6.45, 7) is 1.75. The maximum absolute atomic E-state index is 13.4. The van der Waals surface area contributed by atoms with Crippen LogP contribution in [0.1, 0.15) is 62.4 Å². The van der Waals surface area contributed by atoms with Crippen LogP contribution in [-0.4, -0.2) is 59.5 Å². The first-order valence-corrected chi connectivity index (χ1v) is 12.7. The van der Waals surface area contributed by atoms with Crippen LogP contribution in [0.15, 0.2) is 36.5 Å². The molecule has 1 saturated carbocycles. The van der Waals surface area contributed by atoms with E-state index in [0.29, 0.717) is 18.6 Å². The second-order valence-corrected chi connectivity index (χ2v) is 9.43. The van der Waals surface area contributed by atoms with E-state index in [0.717, 1.165) is 25.7 Å². The third kappa shape index (κ3) is 6.68. The Kier molecular flexibility index (Phi) is 8.81. The van der Waals surface area contributed by atoms with E-state index in [1.54, 1.807) is 19.1 Å². The number of ether oxygens (including phenoxy) is 4. The third-order valence-corrected chi connectivity index (χ3v) is 6.78. The highest BCUT2D eigenvalue weighted by molar-refractivity contribution is 5.97. The Balaban J connectivity index is 1.51. The normalized spacial score (nSPS) is 24.9. The predicted molar refractivity (Wildman–Crippen MR) is 131 cm³/mol. The molecule has 200 valence electrons. The van der Waals surface area contributed by atoms with Crippen molar-refractivity contribution in [3.05, 3.63) is 48.0 Å². The number of hydrogen-bond donors (Lipinski definition) is 2. The lowest BCUT2D eigenvalue weighted by Gasteiger charge is -2.33. The summed E-state index contributed by atoms with van der Waals surface area (Å²) in [4.78, 5) is 29.9. The van der Waals surface area contributed by atoms with Gasteiger partial charge < -0.3 is 29.4 Å². The number of nitrogens with one attached hydrogen (secondary N) is 1. The van der Waals surface area contributed by atoms with Gasteiger partial charge in [0.15, 0.2) is 17.2 Å². The van der Waals surface area contributed by atoms with Gasteiger partial charge in [-0.25, -0.2) is 14.2 Å². The number of methoxy groups -OCH3 is 1. The fourth-order valence-electron chi connectivity index (χ4n) is 4.82. The molecule has 2 heterocycles. The summed E-state index contributed by atoms with van der Waals surface area (Å²) in [5, 5.41) is 12.9. The Morgan fingerprint density at radius 2 is 1.84 bits per heavy atom. The van der Waals surface area contributed by atoms with Gasteiger partial charge in [0, 0.05) is 12.3 Å². The van der Waals surface area contributed by atoms with Crippen molar-refractivity contribution < 1.29 is 38.0 Å². The molecule has 4 atom stereocenters. The molecule has 2 aromatic rings. The molecule has 0 radical (unpaired) electrons. The van der Waals surface area contributed by atoms with E-state index in [4.69, 9.17) is 18.9 Å². The largest absolute Gasteiger partial charge is 0.503 e. The Labute approximate surface area is 215 Å². The number of aromatic hydroxyl groups is 1. The van der Waals surface area contributed by atoms with Crippen LogP contribution in [-0.2, 0) is 14.3 Å². The Morgan fingerprint density at radius 1 is 1.11 bits per heavy atom. The molecule has 10 heteroatoms. The van der Waals surface area contributed by atoms with Crippen molar-refractivity contribution in [2.45, 2.75) is 82.3 Å². The maximum atomic E-state index is 13.4. The van der Waals surface area contributed by atoms with Crippen molar-refractivity contribution in [2.75, 3.05) is 7.11 Å². The van der Waals surface area contributed by atoms with E-state index in [1.165, 1.54) is 31.5 Å². The molecule has 9 nitrogen and oxygen atoms in total. The fourth-order valence-corrected chi connectivity index (χ4v) is 4.82. The molecule has 1 aromatic carbocycles. The summed E-state index contributed by atoms with van der Waals surface area (Å²) < 4.78 is 36.9. The van der Waals surface area contributed by atoms with E-state index in [2.05, 4.69) is 10.3 Å². The number of nitrogens with zero attached hydrogens (tertiary/aromatic N) is 1. The first-order valence-electron chi connectivity index (χ1n) is 12.7. The lowest BCUT2D eigenvalue weighted by molar-refractivity contribution is -0.168. The van der Waals surface area contributed by atoms with Gasteiger partial charge in [-0.3, -0.25) is 4.79 Å². The second-order valence-electron chi connectivity index (χ2n) is 9.43. The van der Waals surface area contributed by atoms with E-state index in [9.17, 15) is 19.1 Å². The number of pyridine rings is 1. The molecule has 2 N–H and O–H groups in total. The number of halogens is 1. The van der Waals surface area contributed by atoms with Gasteiger partial charge in [0.1, 0.15) is 35.9 Å². The monoisotopic (exact) mass is 516 g/mol. The number of benzene rings is 1. The molecule has 1 amide bonds. The quantitative estimate of drug-likeness (QED) is 0.532. The Morgan fingerprint density at radius 3 is 2.54 bits per heavy atom. The van der Waals surface area contributed by atoms with Gasteiger partial charge in [0.05, 0.1) is 13.2 Å². The van der Waals surface area contributed by atoms with Crippen molar-refractivity contribution in [1.29, 1.82) is 0 Å². The molecule has 2 aliphatic rings. The summed E-state index contributed by atoms with van der Waals surface area (Å²) >= 11 is 0. The highest BCUT2D eigenvalue weighted by atomic mass is 19.1. The molecule has 0 spiro atoms. The van der Waals surface area contributed by atoms with Gasteiger partial charge in [-0.15, -0.1) is 0 Å². The standard InChI is InChI=1S/C27H33FN2O7/c1-16-25(37-18-6-3-4-7-18)22(36-19-12-10-17(28)11-13-19)9-5-8-20(27(33)35-16)30-26(32)23-24(31)21(34-2)14-15-29-23/h10-16,18,20,22,25,31H,3-9H2,1-2H3,(H,30,32)/t16-,20-,22-,25-/m0/s1. The average molecular weight is 517 g/mol. The number of amides is 1. The van der Waals surface area contributed by atoms with Crippen LogP contribution >= 0.6 is 0 Å². The minimum Gasteiger partial charge on any atom is -0.503 e. The molecular formula is C27H33FN2O7. The summed E-state index contributed by atoms with van der Waals surface area (Å²) in [6.07, 6.45) is 5.03. The number of esters is 1. The molecule has 1 saturated heterocycles. The SMILES string of the molecule is COc1ccnc(C(=O)N[C@H]2CCC[C@H](Oc3ccc(F)cc3)[C@@H](OC3CCCC3)[C@H](C)OC2=O)c1O. The van der Waals surface area contributed by atoms with Crippen LogP contribution in [0.4, 0.5) is 4.39 Å². The molecule has 2 fully saturated rings. The van der Waals surface area contributed by atoms with Crippen LogP contribution in [0.3, 0.4) is 0 Å². The fraction of sp³-hybridized carbons (Fsp3) is 0.519. The zero-order chi connectivity index (χ0) is 26.4. The average Bonchev–Trinajstić information content (AvgIpc) is 3.41. The smallest absolute Gasteiger partial charge is 0.329 e. The summed E-state index contributed by atoms with van der Waals surface area (Å²) in [7, 11) is 1.36. The van der Waals surface area contributed by atoms with Crippen molar-refractivity contribution >= 4 is 11.9 Å². The van der Waals surface area contributed by atoms with Gasteiger partial charge in [0.2, 0.25) is 0 Å². The van der Waals surface area contributed by atoms with Crippen LogP contribution in [0, 0.1) is 5.82 Å². The minimum absolute atomic E-state index is 0.0452. The van der Waals surface area contributed by atoms with Crippen LogP contribution in [0.25, 0.3) is 0 Å². The van der Waals surface area contributed by atoms with Crippen LogP contribution in [0.5, 0.6) is 17.2 Å². The summed E-state index contributed by atoms with van der Waals surface area (Å²) in [5.74, 6) is -1.51. The summed E-state index contributed by atoms with van der Waals surface area (Å²) in [6, 6.07) is 6.24. The molecule has 4 rings (SSSR count). The zero-order valence-electron chi connectivity index (χ0n) is 21.0. The lowest BCUT2D eigenvalue weighted by Crippen LogP contribution is -2.47.